The number of hydrogen-bond donors (Lipinski definition) is 0. The number of aromatic nitrogens is 2. The van der Waals surface area contributed by atoms with Gasteiger partial charge in [-0.05, 0) is 38.8 Å². The van der Waals surface area contributed by atoms with Crippen LogP contribution >= 0.6 is 11.6 Å². The molecule has 0 aromatic carbocycles. The summed E-state index contributed by atoms with van der Waals surface area (Å²) in [4.78, 5) is 2.50. The fourth-order valence-electron chi connectivity index (χ4n) is 2.40. The fourth-order valence-corrected chi connectivity index (χ4v) is 2.50. The average Bonchev–Trinajstić information content (AvgIpc) is 2.26. The third kappa shape index (κ3) is 2.71. The molecule has 1 saturated heterocycles. The molecule has 88 valence electrons. The van der Waals surface area contributed by atoms with Crippen molar-refractivity contribution in [1.29, 1.82) is 0 Å². The average molecular weight is 240 g/mol. The van der Waals surface area contributed by atoms with E-state index in [1.165, 1.54) is 19.3 Å². The van der Waals surface area contributed by atoms with Gasteiger partial charge < -0.3 is 0 Å². The summed E-state index contributed by atoms with van der Waals surface area (Å²) < 4.78 is 0. The molecule has 2 atom stereocenters. The van der Waals surface area contributed by atoms with Crippen LogP contribution in [0.2, 0.25) is 5.15 Å². The lowest BCUT2D eigenvalue weighted by Gasteiger charge is -2.38. The summed E-state index contributed by atoms with van der Waals surface area (Å²) in [5.74, 6) is 0. The van der Waals surface area contributed by atoms with E-state index in [-0.39, 0.29) is 0 Å². The van der Waals surface area contributed by atoms with Crippen molar-refractivity contribution in [3.8, 4) is 0 Å². The topological polar surface area (TPSA) is 29.0 Å². The maximum Gasteiger partial charge on any atom is 0.151 e. The van der Waals surface area contributed by atoms with E-state index in [9.17, 15) is 0 Å². The van der Waals surface area contributed by atoms with Crippen molar-refractivity contribution in [3.05, 3.63) is 23.0 Å². The Labute approximate surface area is 102 Å². The van der Waals surface area contributed by atoms with E-state index in [1.54, 1.807) is 0 Å². The first-order chi connectivity index (χ1) is 7.66. The summed E-state index contributed by atoms with van der Waals surface area (Å²) in [5.41, 5.74) is 1.00. The smallest absolute Gasteiger partial charge is 0.151 e. The Morgan fingerprint density at radius 2 is 1.94 bits per heavy atom. The lowest BCUT2D eigenvalue weighted by Crippen LogP contribution is -2.43. The van der Waals surface area contributed by atoms with Gasteiger partial charge in [-0.25, -0.2) is 0 Å². The quantitative estimate of drug-likeness (QED) is 0.795. The van der Waals surface area contributed by atoms with Crippen molar-refractivity contribution in [1.82, 2.24) is 15.1 Å². The Kier molecular flexibility index (Phi) is 3.77. The summed E-state index contributed by atoms with van der Waals surface area (Å²) in [7, 11) is 0. The zero-order valence-corrected chi connectivity index (χ0v) is 10.6. The molecule has 0 spiro atoms. The molecule has 2 rings (SSSR count). The van der Waals surface area contributed by atoms with Crippen molar-refractivity contribution in [2.24, 2.45) is 0 Å². The molecule has 0 radical (unpaired) electrons. The molecule has 1 aliphatic heterocycles. The van der Waals surface area contributed by atoms with E-state index in [1.807, 2.05) is 12.1 Å². The van der Waals surface area contributed by atoms with Crippen LogP contribution < -0.4 is 0 Å². The van der Waals surface area contributed by atoms with E-state index in [2.05, 4.69) is 28.9 Å². The molecule has 0 saturated carbocycles. The van der Waals surface area contributed by atoms with Crippen LogP contribution in [0.5, 0.6) is 0 Å². The highest BCUT2D eigenvalue weighted by Crippen LogP contribution is 2.23. The maximum absolute atomic E-state index is 5.72. The van der Waals surface area contributed by atoms with Gasteiger partial charge in [0.2, 0.25) is 0 Å². The number of piperidine rings is 1. The van der Waals surface area contributed by atoms with Crippen LogP contribution in [0.4, 0.5) is 0 Å². The summed E-state index contributed by atoms with van der Waals surface area (Å²) in [6.07, 6.45) is 3.90. The van der Waals surface area contributed by atoms with Gasteiger partial charge in [-0.15, -0.1) is 5.10 Å². The van der Waals surface area contributed by atoms with Gasteiger partial charge in [-0.2, -0.15) is 5.10 Å². The van der Waals surface area contributed by atoms with Gasteiger partial charge in [0.25, 0.3) is 0 Å². The second-order valence-corrected chi connectivity index (χ2v) is 5.04. The second-order valence-electron chi connectivity index (χ2n) is 4.65. The molecule has 0 aliphatic carbocycles. The van der Waals surface area contributed by atoms with Crippen molar-refractivity contribution < 1.29 is 0 Å². The Morgan fingerprint density at radius 1 is 1.25 bits per heavy atom. The van der Waals surface area contributed by atoms with Crippen LogP contribution in [0.15, 0.2) is 12.1 Å². The van der Waals surface area contributed by atoms with Crippen LogP contribution in [0.25, 0.3) is 0 Å². The first-order valence-corrected chi connectivity index (χ1v) is 6.28. The zero-order valence-electron chi connectivity index (χ0n) is 9.86. The van der Waals surface area contributed by atoms with Gasteiger partial charge in [-0.3, -0.25) is 4.90 Å². The number of rotatable bonds is 2. The number of nitrogens with zero attached hydrogens (tertiary/aromatic N) is 3. The van der Waals surface area contributed by atoms with Crippen molar-refractivity contribution in [3.63, 3.8) is 0 Å². The molecular formula is C12H18ClN3. The molecule has 3 nitrogen and oxygen atoms in total. The molecule has 16 heavy (non-hydrogen) atoms. The summed E-state index contributed by atoms with van der Waals surface area (Å²) in [5, 5.41) is 8.46. The van der Waals surface area contributed by atoms with Crippen LogP contribution in [-0.4, -0.2) is 27.2 Å². The molecule has 0 amide bonds. The standard InChI is InChI=1S/C12H18ClN3/c1-9-4-3-5-10(2)16(9)8-11-6-7-12(13)15-14-11/h6-7,9-10H,3-5,8H2,1-2H3/t9-,10+. The molecule has 1 aromatic rings. The first-order valence-electron chi connectivity index (χ1n) is 5.90. The highest BCUT2D eigenvalue weighted by atomic mass is 35.5. The molecular weight excluding hydrogens is 222 g/mol. The number of halogens is 1. The van der Waals surface area contributed by atoms with Gasteiger partial charge in [0.15, 0.2) is 5.15 Å². The van der Waals surface area contributed by atoms with Gasteiger partial charge in [0, 0.05) is 18.6 Å². The minimum Gasteiger partial charge on any atom is -0.292 e. The SMILES string of the molecule is C[C@@H]1CCC[C@H](C)N1Cc1ccc(Cl)nn1. The molecule has 4 heteroatoms. The lowest BCUT2D eigenvalue weighted by molar-refractivity contribution is 0.0935. The van der Waals surface area contributed by atoms with E-state index in [0.717, 1.165) is 12.2 Å². The van der Waals surface area contributed by atoms with Crippen molar-refractivity contribution in [2.45, 2.75) is 51.7 Å². The molecule has 0 N–H and O–H groups in total. The molecule has 1 aliphatic rings. The number of hydrogen-bond acceptors (Lipinski definition) is 3. The highest BCUT2D eigenvalue weighted by Gasteiger charge is 2.24. The van der Waals surface area contributed by atoms with Crippen LogP contribution in [0, 0.1) is 0 Å². The Bertz CT molecular complexity index is 329. The largest absolute Gasteiger partial charge is 0.292 e. The third-order valence-electron chi connectivity index (χ3n) is 3.41. The minimum absolute atomic E-state index is 0.462. The summed E-state index contributed by atoms with van der Waals surface area (Å²) >= 11 is 5.72. The van der Waals surface area contributed by atoms with Gasteiger partial charge in [-0.1, -0.05) is 18.0 Å². The molecule has 1 aromatic heterocycles. The van der Waals surface area contributed by atoms with Crippen molar-refractivity contribution >= 4 is 11.6 Å². The zero-order chi connectivity index (χ0) is 11.5. The summed E-state index contributed by atoms with van der Waals surface area (Å²) in [6, 6.07) is 5.05. The monoisotopic (exact) mass is 239 g/mol. The fraction of sp³-hybridized carbons (Fsp3) is 0.667. The van der Waals surface area contributed by atoms with Crippen LogP contribution in [-0.2, 0) is 6.54 Å². The van der Waals surface area contributed by atoms with E-state index >= 15 is 0 Å². The number of likely N-dealkylation sites (tertiary alicyclic amines) is 1. The molecule has 0 unspecified atom stereocenters. The molecule has 2 heterocycles. The Balaban J connectivity index is 2.04. The van der Waals surface area contributed by atoms with E-state index in [4.69, 9.17) is 11.6 Å². The van der Waals surface area contributed by atoms with Gasteiger partial charge in [0.05, 0.1) is 5.69 Å². The predicted octanol–water partition coefficient (Wildman–Crippen LogP) is 2.89. The molecule has 1 fully saturated rings. The Morgan fingerprint density at radius 3 is 2.50 bits per heavy atom. The van der Waals surface area contributed by atoms with E-state index in [0.29, 0.717) is 17.2 Å². The summed E-state index contributed by atoms with van der Waals surface area (Å²) in [6.45, 7) is 5.46. The molecule has 0 bridgehead atoms. The van der Waals surface area contributed by atoms with Crippen LogP contribution in [0.3, 0.4) is 0 Å². The van der Waals surface area contributed by atoms with Crippen LogP contribution in [0.1, 0.15) is 38.8 Å². The minimum atomic E-state index is 0.462. The van der Waals surface area contributed by atoms with Crippen molar-refractivity contribution in [2.75, 3.05) is 0 Å². The highest BCUT2D eigenvalue weighted by molar-refractivity contribution is 6.29. The Hall–Kier alpha value is -0.670. The third-order valence-corrected chi connectivity index (χ3v) is 3.61. The maximum atomic E-state index is 5.72. The lowest BCUT2D eigenvalue weighted by atomic mass is 9.97. The van der Waals surface area contributed by atoms with Gasteiger partial charge >= 0.3 is 0 Å². The first kappa shape index (κ1) is 11.8. The van der Waals surface area contributed by atoms with Gasteiger partial charge in [0.1, 0.15) is 0 Å². The second kappa shape index (κ2) is 5.11. The van der Waals surface area contributed by atoms with E-state index < -0.39 is 0 Å². The normalized spacial score (nSPS) is 26.9. The predicted molar refractivity (Wildman–Crippen MR) is 65.4 cm³/mol.